The number of anilines is 1. The summed E-state index contributed by atoms with van der Waals surface area (Å²) in [5.41, 5.74) is 1.63. The summed E-state index contributed by atoms with van der Waals surface area (Å²) in [6.07, 6.45) is 2.01. The fourth-order valence-corrected chi connectivity index (χ4v) is 3.62. The van der Waals surface area contributed by atoms with Crippen LogP contribution in [-0.4, -0.2) is 36.6 Å². The molecule has 0 amide bonds. The molecule has 0 bridgehead atoms. The zero-order chi connectivity index (χ0) is 19.9. The van der Waals surface area contributed by atoms with Crippen molar-refractivity contribution in [3.05, 3.63) is 57.9 Å². The number of hydrogen-bond donors (Lipinski definition) is 2. The number of piperidine rings is 1. The van der Waals surface area contributed by atoms with E-state index < -0.39 is 0 Å². The molecule has 8 heteroatoms. The number of guanidine groups is 1. The third-order valence-electron chi connectivity index (χ3n) is 4.80. The third kappa shape index (κ3) is 7.09. The van der Waals surface area contributed by atoms with Crippen molar-refractivity contribution in [1.29, 1.82) is 0 Å². The van der Waals surface area contributed by atoms with Gasteiger partial charge in [-0.05, 0) is 51.0 Å². The van der Waals surface area contributed by atoms with Gasteiger partial charge in [-0.25, -0.2) is 14.4 Å². The highest BCUT2D eigenvalue weighted by Gasteiger charge is 2.21. The van der Waals surface area contributed by atoms with Gasteiger partial charge in [0.1, 0.15) is 11.6 Å². The molecule has 1 fully saturated rings. The number of hydrogen-bond acceptors (Lipinski definition) is 3. The van der Waals surface area contributed by atoms with Gasteiger partial charge < -0.3 is 15.5 Å². The standard InChI is InChI=1S/C21H27BrFN5.HI/c1-3-24-21(25-14-16-7-8-17(22)13-19(16)23)27-18-9-11-28(12-10-18)20-6-4-5-15(2)26-20;/h4-8,13,18H,3,9-12,14H2,1-2H3,(H2,24,25,27);1H. The minimum absolute atomic E-state index is 0. The van der Waals surface area contributed by atoms with Crippen molar-refractivity contribution >= 4 is 51.7 Å². The Kier molecular flexibility index (Phi) is 9.61. The van der Waals surface area contributed by atoms with E-state index in [1.807, 2.05) is 26.0 Å². The number of halogens is 3. The van der Waals surface area contributed by atoms with Crippen LogP contribution in [0.2, 0.25) is 0 Å². The molecule has 29 heavy (non-hydrogen) atoms. The average Bonchev–Trinajstić information content (AvgIpc) is 2.68. The van der Waals surface area contributed by atoms with Gasteiger partial charge in [-0.2, -0.15) is 0 Å². The fourth-order valence-electron chi connectivity index (χ4n) is 3.29. The highest BCUT2D eigenvalue weighted by Crippen LogP contribution is 2.19. The summed E-state index contributed by atoms with van der Waals surface area (Å²) in [7, 11) is 0. The van der Waals surface area contributed by atoms with E-state index in [4.69, 9.17) is 0 Å². The molecule has 0 unspecified atom stereocenters. The number of nitrogens with one attached hydrogen (secondary N) is 2. The van der Waals surface area contributed by atoms with Crippen LogP contribution in [0, 0.1) is 12.7 Å². The molecule has 1 aromatic carbocycles. The first-order valence-electron chi connectivity index (χ1n) is 9.72. The van der Waals surface area contributed by atoms with E-state index in [1.54, 1.807) is 6.07 Å². The predicted molar refractivity (Wildman–Crippen MR) is 132 cm³/mol. The quantitative estimate of drug-likeness (QED) is 0.310. The second kappa shape index (κ2) is 11.7. The van der Waals surface area contributed by atoms with E-state index in [9.17, 15) is 4.39 Å². The first kappa shape index (κ1) is 23.9. The smallest absolute Gasteiger partial charge is 0.191 e. The van der Waals surface area contributed by atoms with Crippen molar-refractivity contribution in [2.24, 2.45) is 4.99 Å². The minimum atomic E-state index is -0.243. The largest absolute Gasteiger partial charge is 0.357 e. The summed E-state index contributed by atoms with van der Waals surface area (Å²) < 4.78 is 14.8. The first-order chi connectivity index (χ1) is 13.5. The van der Waals surface area contributed by atoms with E-state index in [1.165, 1.54) is 6.07 Å². The Bertz CT molecular complexity index is 824. The third-order valence-corrected chi connectivity index (χ3v) is 5.29. The number of aliphatic imine (C=N–C) groups is 1. The number of pyridine rings is 1. The number of rotatable bonds is 5. The van der Waals surface area contributed by atoms with Crippen LogP contribution >= 0.6 is 39.9 Å². The molecule has 2 heterocycles. The van der Waals surface area contributed by atoms with Gasteiger partial charge in [0.2, 0.25) is 0 Å². The Labute approximate surface area is 197 Å². The zero-order valence-electron chi connectivity index (χ0n) is 16.8. The van der Waals surface area contributed by atoms with E-state index in [-0.39, 0.29) is 29.8 Å². The summed E-state index contributed by atoms with van der Waals surface area (Å²) in [6, 6.07) is 11.6. The molecule has 2 N–H and O–H groups in total. The van der Waals surface area contributed by atoms with Crippen LogP contribution in [0.15, 0.2) is 45.9 Å². The predicted octanol–water partition coefficient (Wildman–Crippen LogP) is 4.63. The summed E-state index contributed by atoms with van der Waals surface area (Å²) >= 11 is 3.28. The van der Waals surface area contributed by atoms with Crippen molar-refractivity contribution in [3.8, 4) is 0 Å². The lowest BCUT2D eigenvalue weighted by molar-refractivity contribution is 0.459. The zero-order valence-corrected chi connectivity index (χ0v) is 20.7. The molecular weight excluding hydrogens is 548 g/mol. The summed E-state index contributed by atoms with van der Waals surface area (Å²) in [4.78, 5) is 11.5. The van der Waals surface area contributed by atoms with Crippen LogP contribution in [0.5, 0.6) is 0 Å². The van der Waals surface area contributed by atoms with Gasteiger partial charge in [-0.15, -0.1) is 24.0 Å². The molecule has 0 spiro atoms. The van der Waals surface area contributed by atoms with E-state index >= 15 is 0 Å². The van der Waals surface area contributed by atoms with Crippen molar-refractivity contribution in [3.63, 3.8) is 0 Å². The highest BCUT2D eigenvalue weighted by molar-refractivity contribution is 14.0. The molecule has 1 aromatic heterocycles. The van der Waals surface area contributed by atoms with Crippen molar-refractivity contribution < 1.29 is 4.39 Å². The number of benzene rings is 1. The van der Waals surface area contributed by atoms with Crippen molar-refractivity contribution in [2.45, 2.75) is 39.3 Å². The molecule has 3 rings (SSSR count). The lowest BCUT2D eigenvalue weighted by Crippen LogP contribution is -2.48. The maximum atomic E-state index is 14.0. The second-order valence-electron chi connectivity index (χ2n) is 6.97. The minimum Gasteiger partial charge on any atom is -0.357 e. The number of aromatic nitrogens is 1. The monoisotopic (exact) mass is 575 g/mol. The van der Waals surface area contributed by atoms with Crippen LogP contribution in [0.25, 0.3) is 0 Å². The Hall–Kier alpha value is -1.42. The van der Waals surface area contributed by atoms with Gasteiger partial charge in [0.25, 0.3) is 0 Å². The van der Waals surface area contributed by atoms with Gasteiger partial charge in [0.15, 0.2) is 5.96 Å². The van der Waals surface area contributed by atoms with Gasteiger partial charge in [0, 0.05) is 41.4 Å². The molecule has 2 aromatic rings. The molecule has 0 aliphatic carbocycles. The molecule has 0 radical (unpaired) electrons. The number of nitrogens with zero attached hydrogens (tertiary/aromatic N) is 3. The average molecular weight is 576 g/mol. The SMILES string of the molecule is CCNC(=NCc1ccc(Br)cc1F)NC1CCN(c2cccc(C)n2)CC1.I. The molecule has 5 nitrogen and oxygen atoms in total. The molecule has 0 atom stereocenters. The molecule has 1 aliphatic heterocycles. The second-order valence-corrected chi connectivity index (χ2v) is 7.89. The number of aryl methyl sites for hydroxylation is 1. The first-order valence-corrected chi connectivity index (χ1v) is 10.5. The molecule has 1 aliphatic rings. The normalized spacial score (nSPS) is 15.0. The molecule has 158 valence electrons. The summed E-state index contributed by atoms with van der Waals surface area (Å²) in [5.74, 6) is 1.54. The van der Waals surface area contributed by atoms with Gasteiger partial charge in [0.05, 0.1) is 6.54 Å². The maximum absolute atomic E-state index is 14.0. The van der Waals surface area contributed by atoms with E-state index in [2.05, 4.69) is 53.6 Å². The Balaban J connectivity index is 0.00000300. The van der Waals surface area contributed by atoms with E-state index in [0.717, 1.165) is 54.4 Å². The summed E-state index contributed by atoms with van der Waals surface area (Å²) in [6.45, 7) is 7.03. The molecule has 1 saturated heterocycles. The van der Waals surface area contributed by atoms with Crippen molar-refractivity contribution in [2.75, 3.05) is 24.5 Å². The van der Waals surface area contributed by atoms with Crippen LogP contribution in [0.1, 0.15) is 31.0 Å². The van der Waals surface area contributed by atoms with Gasteiger partial charge in [-0.3, -0.25) is 0 Å². The van der Waals surface area contributed by atoms with Gasteiger partial charge >= 0.3 is 0 Å². The lowest BCUT2D eigenvalue weighted by Gasteiger charge is -2.34. The van der Waals surface area contributed by atoms with E-state index in [0.29, 0.717) is 18.2 Å². The Morgan fingerprint density at radius 3 is 2.69 bits per heavy atom. The van der Waals surface area contributed by atoms with Crippen LogP contribution in [0.4, 0.5) is 10.2 Å². The molecular formula is C21H28BrFIN5. The van der Waals surface area contributed by atoms with Crippen LogP contribution in [-0.2, 0) is 6.54 Å². The van der Waals surface area contributed by atoms with Gasteiger partial charge in [-0.1, -0.05) is 28.1 Å². The highest BCUT2D eigenvalue weighted by atomic mass is 127. The maximum Gasteiger partial charge on any atom is 0.191 e. The Morgan fingerprint density at radius 2 is 2.03 bits per heavy atom. The van der Waals surface area contributed by atoms with Crippen LogP contribution in [0.3, 0.4) is 0 Å². The topological polar surface area (TPSA) is 52.6 Å². The Morgan fingerprint density at radius 1 is 1.28 bits per heavy atom. The fraction of sp³-hybridized carbons (Fsp3) is 0.429. The van der Waals surface area contributed by atoms with Crippen LogP contribution < -0.4 is 15.5 Å². The lowest BCUT2D eigenvalue weighted by atomic mass is 10.1. The molecule has 0 saturated carbocycles. The summed E-state index contributed by atoms with van der Waals surface area (Å²) in [5, 5.41) is 6.76. The van der Waals surface area contributed by atoms with Crippen molar-refractivity contribution in [1.82, 2.24) is 15.6 Å².